The molecule has 3 N–H and O–H groups in total. The summed E-state index contributed by atoms with van der Waals surface area (Å²) in [5, 5.41) is 21.8. The predicted molar refractivity (Wildman–Crippen MR) is 157 cm³/mol. The van der Waals surface area contributed by atoms with Gasteiger partial charge < -0.3 is 20.1 Å². The van der Waals surface area contributed by atoms with E-state index in [-0.39, 0.29) is 18.7 Å². The lowest BCUT2D eigenvalue weighted by Crippen LogP contribution is -2.54. The van der Waals surface area contributed by atoms with Crippen LogP contribution in [0.15, 0.2) is 79.4 Å². The Bertz CT molecular complexity index is 1450. The van der Waals surface area contributed by atoms with E-state index in [2.05, 4.69) is 30.7 Å². The Balaban J connectivity index is 1.15. The fourth-order valence-corrected chi connectivity index (χ4v) is 4.90. The van der Waals surface area contributed by atoms with Crippen molar-refractivity contribution < 1.29 is 18.6 Å². The van der Waals surface area contributed by atoms with Gasteiger partial charge in [0.25, 0.3) is 0 Å². The SMILES string of the molecule is OC(COc1ccc(N2CCN(NC(=S)Nc3ccc(Cl)cc3)CC2)cc1)(Cn1cncn1)c1ccc(F)cc1F. The molecular formula is C28H28ClF2N7O2S. The molecule has 0 saturated carbocycles. The number of aromatic nitrogens is 3. The fourth-order valence-electron chi connectivity index (χ4n) is 4.53. The summed E-state index contributed by atoms with van der Waals surface area (Å²) in [5.74, 6) is -1.12. The Hall–Kier alpha value is -3.84. The van der Waals surface area contributed by atoms with Crippen LogP contribution in [0.5, 0.6) is 5.75 Å². The van der Waals surface area contributed by atoms with Crippen molar-refractivity contribution in [2.45, 2.75) is 12.1 Å². The van der Waals surface area contributed by atoms with Gasteiger partial charge in [0.15, 0.2) is 5.11 Å². The highest BCUT2D eigenvalue weighted by atomic mass is 35.5. The molecule has 0 bridgehead atoms. The lowest BCUT2D eigenvalue weighted by Gasteiger charge is -2.36. The maximum absolute atomic E-state index is 14.6. The predicted octanol–water partition coefficient (Wildman–Crippen LogP) is 4.20. The van der Waals surface area contributed by atoms with Crippen LogP contribution < -0.4 is 20.4 Å². The molecule has 1 aromatic heterocycles. The van der Waals surface area contributed by atoms with Gasteiger partial charge in [-0.15, -0.1) is 0 Å². The molecule has 0 radical (unpaired) electrons. The second kappa shape index (κ2) is 12.8. The van der Waals surface area contributed by atoms with Gasteiger partial charge >= 0.3 is 0 Å². The highest BCUT2D eigenvalue weighted by Crippen LogP contribution is 2.29. The molecule has 3 aromatic carbocycles. The normalized spacial score (nSPS) is 15.3. The molecule has 5 rings (SSSR count). The molecule has 1 aliphatic heterocycles. The van der Waals surface area contributed by atoms with Crippen LogP contribution in [0.1, 0.15) is 5.56 Å². The van der Waals surface area contributed by atoms with E-state index >= 15 is 0 Å². The van der Waals surface area contributed by atoms with Crippen molar-refractivity contribution in [3.8, 4) is 5.75 Å². The third-order valence-corrected chi connectivity index (χ3v) is 7.09. The lowest BCUT2D eigenvalue weighted by molar-refractivity contribution is -0.0297. The molecule has 1 aliphatic rings. The van der Waals surface area contributed by atoms with E-state index in [0.29, 0.717) is 15.9 Å². The summed E-state index contributed by atoms with van der Waals surface area (Å²) in [6.07, 6.45) is 2.71. The van der Waals surface area contributed by atoms with Crippen molar-refractivity contribution >= 4 is 40.3 Å². The third-order valence-electron chi connectivity index (χ3n) is 6.64. The standard InChI is InChI=1S/C28H28ClF2N7O2S/c29-20-1-4-22(5-2-20)34-27(41)35-37-13-11-36(12-14-37)23-6-8-24(9-7-23)40-17-28(39,16-38-19-32-18-33-38)25-10-3-21(30)15-26(25)31/h1-10,15,18-19,39H,11-14,16-17H2,(H2,34,35,41). The van der Waals surface area contributed by atoms with Crippen LogP contribution in [0, 0.1) is 11.6 Å². The minimum absolute atomic E-state index is 0.0969. The highest BCUT2D eigenvalue weighted by molar-refractivity contribution is 7.80. The van der Waals surface area contributed by atoms with Gasteiger partial charge in [-0.25, -0.2) is 23.5 Å². The summed E-state index contributed by atoms with van der Waals surface area (Å²) < 4.78 is 35.4. The number of nitrogens with zero attached hydrogens (tertiary/aromatic N) is 5. The summed E-state index contributed by atoms with van der Waals surface area (Å²) in [5.41, 5.74) is 3.17. The molecule has 41 heavy (non-hydrogen) atoms. The quantitative estimate of drug-likeness (QED) is 0.245. The van der Waals surface area contributed by atoms with E-state index in [4.69, 9.17) is 28.6 Å². The smallest absolute Gasteiger partial charge is 0.185 e. The van der Waals surface area contributed by atoms with E-state index < -0.39 is 17.2 Å². The minimum atomic E-state index is -1.82. The first kappa shape index (κ1) is 28.7. The maximum Gasteiger partial charge on any atom is 0.185 e. The molecule has 214 valence electrons. The molecule has 9 nitrogen and oxygen atoms in total. The number of ether oxygens (including phenoxy) is 1. The van der Waals surface area contributed by atoms with Crippen LogP contribution in [0.2, 0.25) is 5.02 Å². The summed E-state index contributed by atoms with van der Waals surface area (Å²) in [6.45, 7) is 2.63. The number of hydrogen-bond donors (Lipinski definition) is 3. The average Bonchev–Trinajstić information content (AvgIpc) is 3.46. The summed E-state index contributed by atoms with van der Waals surface area (Å²) in [6, 6.07) is 17.8. The lowest BCUT2D eigenvalue weighted by atomic mass is 9.94. The molecule has 1 atom stereocenters. The molecule has 0 amide bonds. The molecule has 1 unspecified atom stereocenters. The van der Waals surface area contributed by atoms with E-state index in [9.17, 15) is 13.9 Å². The van der Waals surface area contributed by atoms with Crippen molar-refractivity contribution in [1.29, 1.82) is 0 Å². The van der Waals surface area contributed by atoms with Crippen molar-refractivity contribution in [3.05, 3.63) is 102 Å². The fraction of sp³-hybridized carbons (Fsp3) is 0.250. The van der Waals surface area contributed by atoms with Crippen molar-refractivity contribution in [3.63, 3.8) is 0 Å². The number of rotatable bonds is 9. The number of hydrazine groups is 1. The summed E-state index contributed by atoms with van der Waals surface area (Å²) in [4.78, 5) is 6.11. The minimum Gasteiger partial charge on any atom is -0.490 e. The van der Waals surface area contributed by atoms with Gasteiger partial charge in [-0.1, -0.05) is 17.7 Å². The van der Waals surface area contributed by atoms with Gasteiger partial charge in [0, 0.05) is 54.2 Å². The third kappa shape index (κ3) is 7.47. The van der Waals surface area contributed by atoms with Gasteiger partial charge in [0.1, 0.15) is 42.2 Å². The Kier molecular flexibility index (Phi) is 8.93. The average molecular weight is 600 g/mol. The molecule has 0 spiro atoms. The van der Waals surface area contributed by atoms with Crippen molar-refractivity contribution in [1.82, 2.24) is 25.2 Å². The molecule has 0 aliphatic carbocycles. The summed E-state index contributed by atoms with van der Waals surface area (Å²) in [7, 11) is 0. The van der Waals surface area contributed by atoms with E-state index in [1.54, 1.807) is 24.3 Å². The van der Waals surface area contributed by atoms with E-state index in [0.717, 1.165) is 49.7 Å². The molecular weight excluding hydrogens is 572 g/mol. The van der Waals surface area contributed by atoms with Crippen LogP contribution in [0.4, 0.5) is 20.2 Å². The molecule has 13 heteroatoms. The molecule has 2 heterocycles. The number of anilines is 2. The number of benzene rings is 3. The second-order valence-corrected chi connectivity index (χ2v) is 10.4. The number of nitrogens with one attached hydrogen (secondary N) is 2. The van der Waals surface area contributed by atoms with Crippen molar-refractivity contribution in [2.24, 2.45) is 0 Å². The Morgan fingerprint density at radius 3 is 2.41 bits per heavy atom. The van der Waals surface area contributed by atoms with Gasteiger partial charge in [-0.3, -0.25) is 5.43 Å². The van der Waals surface area contributed by atoms with Gasteiger partial charge in [0.2, 0.25) is 0 Å². The number of aliphatic hydroxyl groups is 1. The number of halogens is 3. The highest BCUT2D eigenvalue weighted by Gasteiger charge is 2.35. The topological polar surface area (TPSA) is 90.7 Å². The maximum atomic E-state index is 14.6. The van der Waals surface area contributed by atoms with Gasteiger partial charge in [-0.2, -0.15) is 5.10 Å². The first-order valence-corrected chi connectivity index (χ1v) is 13.6. The van der Waals surface area contributed by atoms with E-state index in [1.807, 2.05) is 24.3 Å². The second-order valence-electron chi connectivity index (χ2n) is 9.58. The number of thiocarbonyl (C=S) groups is 1. The van der Waals surface area contributed by atoms with Crippen molar-refractivity contribution in [2.75, 3.05) is 43.0 Å². The first-order chi connectivity index (χ1) is 19.8. The largest absolute Gasteiger partial charge is 0.490 e. The van der Waals surface area contributed by atoms with Gasteiger partial charge in [0.05, 0.1) is 6.54 Å². The van der Waals surface area contributed by atoms with Crippen LogP contribution in [0.25, 0.3) is 0 Å². The zero-order chi connectivity index (χ0) is 28.8. The number of hydrogen-bond acceptors (Lipinski definition) is 7. The first-order valence-electron chi connectivity index (χ1n) is 12.8. The zero-order valence-electron chi connectivity index (χ0n) is 21.9. The zero-order valence-corrected chi connectivity index (χ0v) is 23.5. The molecule has 4 aromatic rings. The molecule has 1 fully saturated rings. The monoisotopic (exact) mass is 599 g/mol. The van der Waals surface area contributed by atoms with Gasteiger partial charge in [-0.05, 0) is 66.8 Å². The molecule has 1 saturated heterocycles. The van der Waals surface area contributed by atoms with Crippen LogP contribution in [0.3, 0.4) is 0 Å². The Labute approximate surface area is 246 Å². The van der Waals surface area contributed by atoms with Crippen LogP contribution in [-0.2, 0) is 12.1 Å². The van der Waals surface area contributed by atoms with E-state index in [1.165, 1.54) is 23.4 Å². The number of piperazine rings is 1. The van der Waals surface area contributed by atoms with Crippen LogP contribution >= 0.6 is 23.8 Å². The Morgan fingerprint density at radius 2 is 1.76 bits per heavy atom. The van der Waals surface area contributed by atoms with Crippen LogP contribution in [-0.4, -0.2) is 62.8 Å². The Morgan fingerprint density at radius 1 is 1.02 bits per heavy atom. The summed E-state index contributed by atoms with van der Waals surface area (Å²) >= 11 is 11.4.